The fourth-order valence-corrected chi connectivity index (χ4v) is 4.05. The lowest BCUT2D eigenvalue weighted by atomic mass is 10.1. The topological polar surface area (TPSA) is 59.8 Å². The van der Waals surface area contributed by atoms with Crippen LogP contribution >= 0.6 is 27.7 Å². The lowest BCUT2D eigenvalue weighted by Gasteiger charge is -2.14. The largest absolute Gasteiger partial charge is 0.358 e. The molecule has 0 aliphatic rings. The Balaban J connectivity index is 2.14. The van der Waals surface area contributed by atoms with Crippen LogP contribution in [0.5, 0.6) is 0 Å². The number of hydrogen-bond acceptors (Lipinski definition) is 4. The molecule has 1 amide bonds. The maximum atomic E-state index is 12.0. The van der Waals surface area contributed by atoms with Crippen molar-refractivity contribution in [2.24, 2.45) is 0 Å². The van der Waals surface area contributed by atoms with Gasteiger partial charge in [0.2, 0.25) is 5.91 Å². The first-order valence-corrected chi connectivity index (χ1v) is 10.2. The minimum atomic E-state index is -0.276. The van der Waals surface area contributed by atoms with Crippen molar-refractivity contribution < 1.29 is 4.79 Å². The lowest BCUT2D eigenvalue weighted by molar-refractivity contribution is -0.119. The van der Waals surface area contributed by atoms with E-state index >= 15 is 0 Å². The van der Waals surface area contributed by atoms with Gasteiger partial charge in [0.05, 0.1) is 10.9 Å². The number of thioether (sulfide) groups is 1. The molecule has 1 heterocycles. The fourth-order valence-electron chi connectivity index (χ4n) is 2.86. The van der Waals surface area contributed by atoms with Gasteiger partial charge in [0.15, 0.2) is 11.0 Å². The average Bonchev–Trinajstić information content (AvgIpc) is 3.04. The molecular formula is C20H21BrN4OS. The summed E-state index contributed by atoms with van der Waals surface area (Å²) in [6.07, 6.45) is 0. The summed E-state index contributed by atoms with van der Waals surface area (Å²) >= 11 is 4.87. The molecule has 3 aromatic rings. The van der Waals surface area contributed by atoms with Crippen LogP contribution in [-0.2, 0) is 4.79 Å². The van der Waals surface area contributed by atoms with E-state index in [0.29, 0.717) is 5.16 Å². The number of halogens is 1. The van der Waals surface area contributed by atoms with Crippen LogP contribution in [-0.4, -0.2) is 33.0 Å². The molecule has 1 atom stereocenters. The Kier molecular flexibility index (Phi) is 6.01. The number of aryl methyl sites for hydroxylation is 2. The summed E-state index contributed by atoms with van der Waals surface area (Å²) < 4.78 is 3.03. The molecule has 0 saturated heterocycles. The third-order valence-electron chi connectivity index (χ3n) is 4.10. The van der Waals surface area contributed by atoms with Gasteiger partial charge in [-0.05, 0) is 56.2 Å². The standard InChI is InChI=1S/C20H21BrN4OS/c1-12-9-13(2)11-17(10-12)25-18(15-5-7-16(21)8-6-15)23-24-20(25)27-14(3)19(26)22-4/h5-11,14H,1-4H3,(H,22,26). The number of nitrogens with zero attached hydrogens (tertiary/aromatic N) is 3. The molecule has 140 valence electrons. The maximum absolute atomic E-state index is 12.0. The van der Waals surface area contributed by atoms with Gasteiger partial charge in [0.25, 0.3) is 0 Å². The Hall–Kier alpha value is -2.12. The van der Waals surface area contributed by atoms with E-state index in [1.807, 2.05) is 35.8 Å². The van der Waals surface area contributed by atoms with E-state index in [2.05, 4.69) is 63.5 Å². The zero-order valence-electron chi connectivity index (χ0n) is 15.7. The van der Waals surface area contributed by atoms with Gasteiger partial charge in [-0.1, -0.05) is 45.9 Å². The number of rotatable bonds is 5. The van der Waals surface area contributed by atoms with E-state index in [1.54, 1.807) is 7.05 Å². The third kappa shape index (κ3) is 4.42. The van der Waals surface area contributed by atoms with Crippen molar-refractivity contribution in [3.05, 3.63) is 58.1 Å². The highest BCUT2D eigenvalue weighted by Gasteiger charge is 2.21. The molecule has 27 heavy (non-hydrogen) atoms. The number of carbonyl (C=O) groups excluding carboxylic acids is 1. The van der Waals surface area contributed by atoms with Crippen LogP contribution in [0, 0.1) is 13.8 Å². The zero-order chi connectivity index (χ0) is 19.6. The first kappa shape index (κ1) is 19.6. The van der Waals surface area contributed by atoms with Gasteiger partial charge in [-0.15, -0.1) is 10.2 Å². The lowest BCUT2D eigenvalue weighted by Crippen LogP contribution is -2.27. The normalized spacial score (nSPS) is 12.0. The van der Waals surface area contributed by atoms with Crippen LogP contribution in [0.15, 0.2) is 52.1 Å². The Morgan fingerprint density at radius 3 is 2.33 bits per heavy atom. The summed E-state index contributed by atoms with van der Waals surface area (Å²) in [6, 6.07) is 14.3. The molecular weight excluding hydrogens is 424 g/mol. The Labute approximate surface area is 171 Å². The summed E-state index contributed by atoms with van der Waals surface area (Å²) in [7, 11) is 1.64. The number of benzene rings is 2. The van der Waals surface area contributed by atoms with E-state index in [0.717, 1.165) is 32.7 Å². The van der Waals surface area contributed by atoms with Crippen LogP contribution in [0.1, 0.15) is 18.1 Å². The molecule has 0 aliphatic carbocycles. The van der Waals surface area contributed by atoms with Gasteiger partial charge in [-0.3, -0.25) is 9.36 Å². The number of hydrogen-bond donors (Lipinski definition) is 1. The predicted octanol–water partition coefficient (Wildman–Crippen LogP) is 4.54. The molecule has 0 saturated carbocycles. The molecule has 5 nitrogen and oxygen atoms in total. The molecule has 0 aliphatic heterocycles. The number of amides is 1. The monoisotopic (exact) mass is 444 g/mol. The van der Waals surface area contributed by atoms with Crippen molar-refractivity contribution in [2.75, 3.05) is 7.05 Å². The molecule has 1 aromatic heterocycles. The van der Waals surface area contributed by atoms with E-state index in [4.69, 9.17) is 0 Å². The molecule has 0 radical (unpaired) electrons. The Morgan fingerprint density at radius 2 is 1.74 bits per heavy atom. The number of carbonyl (C=O) groups is 1. The summed E-state index contributed by atoms with van der Waals surface area (Å²) in [4.78, 5) is 12.0. The minimum Gasteiger partial charge on any atom is -0.358 e. The fraction of sp³-hybridized carbons (Fsp3) is 0.250. The van der Waals surface area contributed by atoms with E-state index in [-0.39, 0.29) is 11.2 Å². The highest BCUT2D eigenvalue weighted by molar-refractivity contribution is 9.10. The van der Waals surface area contributed by atoms with E-state index < -0.39 is 0 Å². The number of nitrogens with one attached hydrogen (secondary N) is 1. The first-order chi connectivity index (χ1) is 12.9. The van der Waals surface area contributed by atoms with Crippen molar-refractivity contribution in [3.8, 4) is 17.1 Å². The molecule has 1 unspecified atom stereocenters. The molecule has 0 bridgehead atoms. The second kappa shape index (κ2) is 8.27. The van der Waals surface area contributed by atoms with Gasteiger partial charge in [0.1, 0.15) is 0 Å². The van der Waals surface area contributed by atoms with Crippen molar-refractivity contribution in [1.82, 2.24) is 20.1 Å². The van der Waals surface area contributed by atoms with E-state index in [9.17, 15) is 4.79 Å². The van der Waals surface area contributed by atoms with Crippen molar-refractivity contribution in [1.29, 1.82) is 0 Å². The summed E-state index contributed by atoms with van der Waals surface area (Å²) in [5.41, 5.74) is 4.28. The third-order valence-corrected chi connectivity index (χ3v) is 5.67. The van der Waals surface area contributed by atoms with Crippen LogP contribution in [0.2, 0.25) is 0 Å². The zero-order valence-corrected chi connectivity index (χ0v) is 18.1. The smallest absolute Gasteiger partial charge is 0.233 e. The summed E-state index contributed by atoms with van der Waals surface area (Å²) in [6.45, 7) is 6.00. The SMILES string of the molecule is CNC(=O)C(C)Sc1nnc(-c2ccc(Br)cc2)n1-c1cc(C)cc(C)c1. The number of aromatic nitrogens is 3. The highest BCUT2D eigenvalue weighted by Crippen LogP contribution is 2.31. The Bertz CT molecular complexity index is 948. The van der Waals surface area contributed by atoms with Crippen molar-refractivity contribution in [2.45, 2.75) is 31.2 Å². The van der Waals surface area contributed by atoms with Crippen molar-refractivity contribution in [3.63, 3.8) is 0 Å². The summed E-state index contributed by atoms with van der Waals surface area (Å²) in [5.74, 6) is 0.708. The molecule has 3 rings (SSSR count). The van der Waals surface area contributed by atoms with Crippen molar-refractivity contribution >= 4 is 33.6 Å². The minimum absolute atomic E-state index is 0.0415. The second-order valence-corrected chi connectivity index (χ2v) is 8.59. The molecule has 0 fully saturated rings. The quantitative estimate of drug-likeness (QED) is 0.586. The van der Waals surface area contributed by atoms with Gasteiger partial charge >= 0.3 is 0 Å². The molecule has 1 N–H and O–H groups in total. The van der Waals surface area contributed by atoms with Crippen LogP contribution < -0.4 is 5.32 Å². The predicted molar refractivity (Wildman–Crippen MR) is 113 cm³/mol. The average molecular weight is 445 g/mol. The van der Waals surface area contributed by atoms with Gasteiger partial charge in [-0.2, -0.15) is 0 Å². The maximum Gasteiger partial charge on any atom is 0.233 e. The molecule has 2 aromatic carbocycles. The van der Waals surface area contributed by atoms with Crippen LogP contribution in [0.25, 0.3) is 17.1 Å². The Morgan fingerprint density at radius 1 is 1.11 bits per heavy atom. The van der Waals surface area contributed by atoms with E-state index in [1.165, 1.54) is 11.8 Å². The highest BCUT2D eigenvalue weighted by atomic mass is 79.9. The summed E-state index contributed by atoms with van der Waals surface area (Å²) in [5, 5.41) is 11.9. The van der Waals surface area contributed by atoms with Gasteiger partial charge < -0.3 is 5.32 Å². The van der Waals surface area contributed by atoms with Gasteiger partial charge in [-0.25, -0.2) is 0 Å². The first-order valence-electron chi connectivity index (χ1n) is 8.57. The molecule has 0 spiro atoms. The van der Waals surface area contributed by atoms with Crippen LogP contribution in [0.4, 0.5) is 0 Å². The van der Waals surface area contributed by atoms with Crippen LogP contribution in [0.3, 0.4) is 0 Å². The van der Waals surface area contributed by atoms with Gasteiger partial charge in [0, 0.05) is 17.1 Å². The second-order valence-electron chi connectivity index (χ2n) is 6.37. The molecule has 7 heteroatoms.